The highest BCUT2D eigenvalue weighted by Crippen LogP contribution is 2.31. The molecule has 1 aliphatic heterocycles. The second-order valence-electron chi connectivity index (χ2n) is 5.45. The Hall–Kier alpha value is -1.26. The smallest absolute Gasteiger partial charge is 0.0605 e. The van der Waals surface area contributed by atoms with Crippen molar-refractivity contribution in [3.63, 3.8) is 0 Å². The molecule has 19 heavy (non-hydrogen) atoms. The molecule has 1 aromatic carbocycles. The van der Waals surface area contributed by atoms with Gasteiger partial charge in [-0.05, 0) is 26.2 Å². The van der Waals surface area contributed by atoms with Crippen LogP contribution < -0.4 is 15.1 Å². The van der Waals surface area contributed by atoms with Gasteiger partial charge < -0.3 is 20.0 Å². The largest absolute Gasteiger partial charge is 0.371 e. The van der Waals surface area contributed by atoms with Gasteiger partial charge in [0.15, 0.2) is 0 Å². The molecule has 0 saturated carbocycles. The van der Waals surface area contributed by atoms with E-state index in [1.54, 1.807) is 0 Å². The maximum absolute atomic E-state index is 3.51. The number of anilines is 2. The van der Waals surface area contributed by atoms with Crippen molar-refractivity contribution in [3.05, 3.63) is 24.3 Å². The van der Waals surface area contributed by atoms with Gasteiger partial charge in [-0.25, -0.2) is 0 Å². The second kappa shape index (κ2) is 6.78. The molecule has 2 rings (SSSR count). The number of likely N-dealkylation sites (N-methyl/N-ethyl adjacent to an activating group) is 2. The summed E-state index contributed by atoms with van der Waals surface area (Å²) in [7, 11) is 6.39. The standard InChI is InChI=1S/C15H26N4/c1-17(2)10-8-16-9-11-19-13-12-18(3)14-6-4-5-7-15(14)19/h4-7,16H,8-13H2,1-3H3. The number of nitrogens with zero attached hydrogens (tertiary/aromatic N) is 3. The normalized spacial score (nSPS) is 14.9. The maximum atomic E-state index is 3.51. The van der Waals surface area contributed by atoms with E-state index in [9.17, 15) is 0 Å². The molecule has 1 N–H and O–H groups in total. The number of rotatable bonds is 6. The lowest BCUT2D eigenvalue weighted by Gasteiger charge is -2.37. The van der Waals surface area contributed by atoms with Crippen LogP contribution in [0.3, 0.4) is 0 Å². The topological polar surface area (TPSA) is 21.8 Å². The highest BCUT2D eigenvalue weighted by atomic mass is 15.3. The number of benzene rings is 1. The summed E-state index contributed by atoms with van der Waals surface area (Å²) in [6.45, 7) is 6.50. The fraction of sp³-hybridized carbons (Fsp3) is 0.600. The molecule has 0 aromatic heterocycles. The molecule has 0 fully saturated rings. The van der Waals surface area contributed by atoms with Gasteiger partial charge in [0.25, 0.3) is 0 Å². The molecular formula is C15H26N4. The molecule has 0 bridgehead atoms. The highest BCUT2D eigenvalue weighted by molar-refractivity contribution is 5.73. The summed E-state index contributed by atoms with van der Waals surface area (Å²) in [4.78, 5) is 7.03. The molecule has 0 radical (unpaired) electrons. The van der Waals surface area contributed by atoms with Crippen molar-refractivity contribution in [2.75, 3.05) is 70.2 Å². The van der Waals surface area contributed by atoms with E-state index in [0.29, 0.717) is 0 Å². The van der Waals surface area contributed by atoms with Gasteiger partial charge in [-0.3, -0.25) is 0 Å². The average molecular weight is 262 g/mol. The zero-order valence-corrected chi connectivity index (χ0v) is 12.4. The van der Waals surface area contributed by atoms with Gasteiger partial charge in [-0.2, -0.15) is 0 Å². The van der Waals surface area contributed by atoms with Crippen LogP contribution in [-0.2, 0) is 0 Å². The Morgan fingerprint density at radius 2 is 1.84 bits per heavy atom. The van der Waals surface area contributed by atoms with Crippen molar-refractivity contribution in [2.45, 2.75) is 0 Å². The lowest BCUT2D eigenvalue weighted by Crippen LogP contribution is -2.42. The summed E-state index contributed by atoms with van der Waals surface area (Å²) in [6.07, 6.45) is 0. The number of hydrogen-bond acceptors (Lipinski definition) is 4. The Balaban J connectivity index is 1.83. The molecule has 0 amide bonds. The predicted octanol–water partition coefficient (Wildman–Crippen LogP) is 1.09. The van der Waals surface area contributed by atoms with Crippen LogP contribution in [0.25, 0.3) is 0 Å². The van der Waals surface area contributed by atoms with E-state index in [-0.39, 0.29) is 0 Å². The summed E-state index contributed by atoms with van der Waals surface area (Å²) in [5.41, 5.74) is 2.72. The van der Waals surface area contributed by atoms with Crippen molar-refractivity contribution < 1.29 is 0 Å². The third-order valence-corrected chi connectivity index (χ3v) is 3.63. The van der Waals surface area contributed by atoms with Gasteiger partial charge in [-0.1, -0.05) is 12.1 Å². The quantitative estimate of drug-likeness (QED) is 0.775. The number of nitrogens with one attached hydrogen (secondary N) is 1. The van der Waals surface area contributed by atoms with Crippen LogP contribution in [0.5, 0.6) is 0 Å². The molecule has 0 atom stereocenters. The van der Waals surface area contributed by atoms with Crippen LogP contribution in [0, 0.1) is 0 Å². The molecule has 0 saturated heterocycles. The Labute approximate surface area is 117 Å². The Bertz CT molecular complexity index is 391. The van der Waals surface area contributed by atoms with Crippen LogP contribution in [0.2, 0.25) is 0 Å². The third kappa shape index (κ3) is 3.85. The SMILES string of the molecule is CN(C)CCNCCN1CCN(C)c2ccccc21. The zero-order valence-electron chi connectivity index (χ0n) is 12.4. The summed E-state index contributed by atoms with van der Waals surface area (Å²) >= 11 is 0. The zero-order chi connectivity index (χ0) is 13.7. The molecule has 1 aliphatic rings. The lowest BCUT2D eigenvalue weighted by molar-refractivity contribution is 0.401. The summed E-state index contributed by atoms with van der Waals surface area (Å²) in [6, 6.07) is 8.68. The van der Waals surface area contributed by atoms with Gasteiger partial charge in [0.1, 0.15) is 0 Å². The monoisotopic (exact) mass is 262 g/mol. The molecule has 1 aromatic rings. The average Bonchev–Trinajstić information content (AvgIpc) is 2.41. The molecule has 0 unspecified atom stereocenters. The highest BCUT2D eigenvalue weighted by Gasteiger charge is 2.18. The molecular weight excluding hydrogens is 236 g/mol. The number of fused-ring (bicyclic) bond motifs is 1. The molecule has 4 nitrogen and oxygen atoms in total. The van der Waals surface area contributed by atoms with E-state index in [4.69, 9.17) is 0 Å². The van der Waals surface area contributed by atoms with Crippen LogP contribution in [-0.4, -0.2) is 65.3 Å². The van der Waals surface area contributed by atoms with Gasteiger partial charge in [0.05, 0.1) is 11.4 Å². The third-order valence-electron chi connectivity index (χ3n) is 3.63. The van der Waals surface area contributed by atoms with E-state index in [1.807, 2.05) is 0 Å². The first-order valence-corrected chi connectivity index (χ1v) is 7.09. The predicted molar refractivity (Wildman–Crippen MR) is 83.3 cm³/mol. The fourth-order valence-corrected chi connectivity index (χ4v) is 2.44. The summed E-state index contributed by atoms with van der Waals surface area (Å²) < 4.78 is 0. The Kier molecular flexibility index (Phi) is 5.05. The van der Waals surface area contributed by atoms with Gasteiger partial charge in [-0.15, -0.1) is 0 Å². The van der Waals surface area contributed by atoms with E-state index in [0.717, 1.165) is 39.3 Å². The van der Waals surface area contributed by atoms with Crippen LogP contribution >= 0.6 is 0 Å². The number of para-hydroxylation sites is 2. The summed E-state index contributed by atoms with van der Waals surface area (Å²) in [5, 5.41) is 3.51. The van der Waals surface area contributed by atoms with Gasteiger partial charge >= 0.3 is 0 Å². The van der Waals surface area contributed by atoms with Crippen molar-refractivity contribution >= 4 is 11.4 Å². The lowest BCUT2D eigenvalue weighted by atomic mass is 10.2. The second-order valence-corrected chi connectivity index (χ2v) is 5.45. The minimum absolute atomic E-state index is 1.05. The first-order valence-electron chi connectivity index (χ1n) is 7.09. The van der Waals surface area contributed by atoms with E-state index in [2.05, 4.69) is 65.4 Å². The first kappa shape index (κ1) is 14.2. The first-order chi connectivity index (χ1) is 9.18. The molecule has 0 aliphatic carbocycles. The van der Waals surface area contributed by atoms with E-state index < -0.39 is 0 Å². The minimum Gasteiger partial charge on any atom is -0.371 e. The Morgan fingerprint density at radius 3 is 2.58 bits per heavy atom. The van der Waals surface area contributed by atoms with Gasteiger partial charge in [0, 0.05) is 46.3 Å². The van der Waals surface area contributed by atoms with Crippen LogP contribution in [0.4, 0.5) is 11.4 Å². The molecule has 0 spiro atoms. The molecule has 106 valence electrons. The minimum atomic E-state index is 1.05. The molecule has 1 heterocycles. The maximum Gasteiger partial charge on any atom is 0.0605 e. The van der Waals surface area contributed by atoms with Crippen LogP contribution in [0.1, 0.15) is 0 Å². The van der Waals surface area contributed by atoms with Crippen LogP contribution in [0.15, 0.2) is 24.3 Å². The van der Waals surface area contributed by atoms with E-state index >= 15 is 0 Å². The fourth-order valence-electron chi connectivity index (χ4n) is 2.44. The van der Waals surface area contributed by atoms with Gasteiger partial charge in [0.2, 0.25) is 0 Å². The van der Waals surface area contributed by atoms with Crippen molar-refractivity contribution in [3.8, 4) is 0 Å². The number of hydrogen-bond donors (Lipinski definition) is 1. The molecule has 4 heteroatoms. The Morgan fingerprint density at radius 1 is 1.11 bits per heavy atom. The van der Waals surface area contributed by atoms with Crippen molar-refractivity contribution in [1.82, 2.24) is 10.2 Å². The van der Waals surface area contributed by atoms with Crippen molar-refractivity contribution in [2.24, 2.45) is 0 Å². The van der Waals surface area contributed by atoms with Crippen molar-refractivity contribution in [1.29, 1.82) is 0 Å². The summed E-state index contributed by atoms with van der Waals surface area (Å²) in [5.74, 6) is 0. The van der Waals surface area contributed by atoms with E-state index in [1.165, 1.54) is 11.4 Å².